The second-order valence-corrected chi connectivity index (χ2v) is 19.7. The van der Waals surface area contributed by atoms with Crippen LogP contribution >= 0.6 is 0 Å². The monoisotopic (exact) mass is 676 g/mol. The van der Waals surface area contributed by atoms with Crippen molar-refractivity contribution in [3.8, 4) is 0 Å². The summed E-state index contributed by atoms with van der Waals surface area (Å²) in [5, 5.41) is 15.0. The molecule has 4 nitrogen and oxygen atoms in total. The van der Waals surface area contributed by atoms with Crippen molar-refractivity contribution in [2.24, 2.45) is 56.7 Å². The van der Waals surface area contributed by atoms with E-state index in [2.05, 4.69) is 63.2 Å². The average molecular weight is 676 g/mol. The molecule has 0 amide bonds. The first-order chi connectivity index (χ1) is 23.2. The zero-order chi connectivity index (χ0) is 34.8. The minimum absolute atomic E-state index is 0.0246. The fourth-order valence-corrected chi connectivity index (χ4v) is 14.4. The second-order valence-electron chi connectivity index (χ2n) is 19.7. The SMILES string of the molecule is C=C(C)[C@@H]1CC[C@]2(CCNCCN3CCN(Cc4ccc(F)cc4)CC3)CC[C@]3(C)[C@H](CC[C@@H]4[C@@]5(C)CC[C@H](O)C(C)(C)[C@@H]5CC[C@]43C)[C@@H]12. The molecular formula is C44H70FN3O. The van der Waals surface area contributed by atoms with Gasteiger partial charge in [0.1, 0.15) is 5.82 Å². The number of nitrogens with zero attached hydrogens (tertiary/aromatic N) is 2. The minimum atomic E-state index is -0.152. The Hall–Kier alpha value is -1.27. The third-order valence-corrected chi connectivity index (χ3v) is 17.4. The zero-order valence-electron chi connectivity index (χ0n) is 32.1. The number of aliphatic hydroxyl groups excluding tert-OH is 1. The zero-order valence-corrected chi connectivity index (χ0v) is 32.1. The van der Waals surface area contributed by atoms with Crippen molar-refractivity contribution in [1.29, 1.82) is 0 Å². The summed E-state index contributed by atoms with van der Waals surface area (Å²) in [7, 11) is 0. The van der Waals surface area contributed by atoms with Gasteiger partial charge in [-0.15, -0.1) is 0 Å². The van der Waals surface area contributed by atoms with Crippen LogP contribution in [-0.4, -0.2) is 66.8 Å². The van der Waals surface area contributed by atoms with Gasteiger partial charge in [-0.2, -0.15) is 0 Å². The van der Waals surface area contributed by atoms with E-state index in [4.69, 9.17) is 0 Å². The first-order valence-electron chi connectivity index (χ1n) is 20.5. The third-order valence-electron chi connectivity index (χ3n) is 17.4. The van der Waals surface area contributed by atoms with Crippen LogP contribution in [0.3, 0.4) is 0 Å². The van der Waals surface area contributed by atoms with Gasteiger partial charge in [0.2, 0.25) is 0 Å². The highest BCUT2D eigenvalue weighted by Crippen LogP contribution is 2.77. The Kier molecular flexibility index (Phi) is 9.80. The summed E-state index contributed by atoms with van der Waals surface area (Å²) in [6.45, 7) is 28.6. The fraction of sp³-hybridized carbons (Fsp3) is 0.818. The second kappa shape index (κ2) is 13.3. The summed E-state index contributed by atoms with van der Waals surface area (Å²) < 4.78 is 13.3. The minimum Gasteiger partial charge on any atom is -0.393 e. The normalized spacial score (nSPS) is 43.7. The number of hydrogen-bond donors (Lipinski definition) is 2. The number of aliphatic hydroxyl groups is 1. The summed E-state index contributed by atoms with van der Waals surface area (Å²) in [5.74, 6) is 3.53. The van der Waals surface area contributed by atoms with E-state index in [1.165, 1.54) is 75.3 Å². The standard InChI is InChI=1S/C44H70FN3O/c1-31(2)34-14-19-44(22-23-46-24-25-47-26-28-48(29-27-47)30-32-8-10-33(45)11-9-32)21-20-42(6)35(39(34)44)12-13-37-41(5)17-16-38(49)40(3,4)36(41)15-18-43(37,42)7/h8-11,34-39,46,49H,1,12-30H2,2-7H3/t34-,35+,36-,37+,38-,39+,41-,42+,43+,44+/m0/s1. The van der Waals surface area contributed by atoms with Crippen LogP contribution in [0.25, 0.3) is 0 Å². The van der Waals surface area contributed by atoms with Crippen LogP contribution in [0.15, 0.2) is 36.4 Å². The van der Waals surface area contributed by atoms with E-state index < -0.39 is 0 Å². The third kappa shape index (κ3) is 6.01. The van der Waals surface area contributed by atoms with Crippen LogP contribution < -0.4 is 5.32 Å². The highest BCUT2D eigenvalue weighted by atomic mass is 19.1. The van der Waals surface area contributed by atoms with Gasteiger partial charge in [-0.1, -0.05) is 58.9 Å². The van der Waals surface area contributed by atoms with E-state index in [1.807, 2.05) is 12.1 Å². The van der Waals surface area contributed by atoms with Gasteiger partial charge >= 0.3 is 0 Å². The smallest absolute Gasteiger partial charge is 0.123 e. The van der Waals surface area contributed by atoms with Crippen LogP contribution in [0, 0.1) is 62.5 Å². The molecule has 2 N–H and O–H groups in total. The average Bonchev–Trinajstić information content (AvgIpc) is 3.45. The lowest BCUT2D eigenvalue weighted by Crippen LogP contribution is -2.66. The van der Waals surface area contributed by atoms with Gasteiger partial charge in [0.05, 0.1) is 6.10 Å². The lowest BCUT2D eigenvalue weighted by Gasteiger charge is -2.73. The lowest BCUT2D eigenvalue weighted by molar-refractivity contribution is -0.247. The van der Waals surface area contributed by atoms with Crippen LogP contribution in [0.5, 0.6) is 0 Å². The number of fused-ring (bicyclic) bond motifs is 7. The van der Waals surface area contributed by atoms with Crippen molar-refractivity contribution < 1.29 is 9.50 Å². The quantitative estimate of drug-likeness (QED) is 0.203. The maximum absolute atomic E-state index is 13.3. The highest BCUT2D eigenvalue weighted by Gasteiger charge is 2.70. The maximum Gasteiger partial charge on any atom is 0.123 e. The number of piperazine rings is 1. The van der Waals surface area contributed by atoms with Crippen molar-refractivity contribution in [2.45, 2.75) is 125 Å². The summed E-state index contributed by atoms with van der Waals surface area (Å²) >= 11 is 0. The number of benzene rings is 1. The first-order valence-corrected chi connectivity index (χ1v) is 20.5. The molecule has 0 spiro atoms. The molecule has 5 aliphatic carbocycles. The molecular weight excluding hydrogens is 606 g/mol. The number of allylic oxidation sites excluding steroid dienone is 1. The van der Waals surface area contributed by atoms with Gasteiger partial charge in [-0.3, -0.25) is 9.80 Å². The molecule has 10 atom stereocenters. The molecule has 1 aliphatic heterocycles. The molecule has 274 valence electrons. The van der Waals surface area contributed by atoms with Gasteiger partial charge in [0, 0.05) is 45.8 Å². The fourth-order valence-electron chi connectivity index (χ4n) is 14.4. The van der Waals surface area contributed by atoms with Crippen molar-refractivity contribution in [2.75, 3.05) is 45.8 Å². The molecule has 49 heavy (non-hydrogen) atoms. The Balaban J connectivity index is 0.974. The lowest BCUT2D eigenvalue weighted by atomic mass is 9.32. The van der Waals surface area contributed by atoms with Crippen LogP contribution in [-0.2, 0) is 6.54 Å². The van der Waals surface area contributed by atoms with E-state index in [1.54, 1.807) is 12.1 Å². The molecule has 5 saturated carbocycles. The summed E-state index contributed by atoms with van der Waals surface area (Å²) in [4.78, 5) is 5.13. The van der Waals surface area contributed by atoms with Crippen molar-refractivity contribution in [3.05, 3.63) is 47.8 Å². The van der Waals surface area contributed by atoms with Crippen molar-refractivity contribution >= 4 is 0 Å². The van der Waals surface area contributed by atoms with E-state index in [0.717, 1.165) is 76.5 Å². The van der Waals surface area contributed by atoms with Crippen molar-refractivity contribution in [1.82, 2.24) is 15.1 Å². The Morgan fingerprint density at radius 2 is 1.53 bits per heavy atom. The van der Waals surface area contributed by atoms with Gasteiger partial charge in [-0.05, 0) is 158 Å². The summed E-state index contributed by atoms with van der Waals surface area (Å²) in [6.07, 6.45) is 14.3. The van der Waals surface area contributed by atoms with Gasteiger partial charge < -0.3 is 10.4 Å². The largest absolute Gasteiger partial charge is 0.393 e. The van der Waals surface area contributed by atoms with E-state index in [0.29, 0.717) is 33.5 Å². The summed E-state index contributed by atoms with van der Waals surface area (Å²) in [5.41, 5.74) is 4.27. The molecule has 0 unspecified atom stereocenters. The Bertz CT molecular complexity index is 1340. The Morgan fingerprint density at radius 3 is 2.24 bits per heavy atom. The van der Waals surface area contributed by atoms with Crippen LogP contribution in [0.1, 0.15) is 118 Å². The molecule has 0 radical (unpaired) electrons. The Morgan fingerprint density at radius 1 is 0.816 bits per heavy atom. The molecule has 1 saturated heterocycles. The van der Waals surface area contributed by atoms with E-state index in [-0.39, 0.29) is 17.3 Å². The maximum atomic E-state index is 13.3. The number of nitrogens with one attached hydrogen (secondary N) is 1. The van der Waals surface area contributed by atoms with Gasteiger partial charge in [0.15, 0.2) is 0 Å². The van der Waals surface area contributed by atoms with Gasteiger partial charge in [0.25, 0.3) is 0 Å². The molecule has 1 heterocycles. The molecule has 0 aromatic heterocycles. The first kappa shape index (κ1) is 36.1. The van der Waals surface area contributed by atoms with E-state index in [9.17, 15) is 9.50 Å². The molecule has 1 aromatic carbocycles. The van der Waals surface area contributed by atoms with E-state index >= 15 is 0 Å². The highest BCUT2D eigenvalue weighted by molar-refractivity contribution is 5.22. The number of rotatable bonds is 9. The van der Waals surface area contributed by atoms with Crippen molar-refractivity contribution in [3.63, 3.8) is 0 Å². The van der Waals surface area contributed by atoms with Crippen LogP contribution in [0.2, 0.25) is 0 Å². The molecule has 6 fully saturated rings. The molecule has 7 rings (SSSR count). The topological polar surface area (TPSA) is 38.7 Å². The number of hydrogen-bond acceptors (Lipinski definition) is 4. The summed E-state index contributed by atoms with van der Waals surface area (Å²) in [6, 6.07) is 7.00. The molecule has 6 aliphatic rings. The predicted molar refractivity (Wildman–Crippen MR) is 201 cm³/mol. The molecule has 1 aromatic rings. The Labute approximate surface area is 299 Å². The molecule has 0 bridgehead atoms. The van der Waals surface area contributed by atoms with Crippen LogP contribution in [0.4, 0.5) is 4.39 Å². The molecule has 5 heteroatoms. The predicted octanol–water partition coefficient (Wildman–Crippen LogP) is 8.94. The number of halogens is 1. The van der Waals surface area contributed by atoms with Gasteiger partial charge in [-0.25, -0.2) is 4.39 Å².